The molecule has 2 rings (SSSR count). The fourth-order valence-electron chi connectivity index (χ4n) is 2.21. The molecule has 0 atom stereocenters. The Morgan fingerprint density at radius 2 is 2.10 bits per heavy atom. The molecule has 0 aliphatic carbocycles. The van der Waals surface area contributed by atoms with Crippen molar-refractivity contribution in [2.45, 2.75) is 39.3 Å². The van der Waals surface area contributed by atoms with Crippen molar-refractivity contribution in [3.05, 3.63) is 30.5 Å². The Kier molecular flexibility index (Phi) is 4.66. The monoisotopic (exact) mass is 275 g/mol. The molecule has 0 spiro atoms. The molecular weight excluding hydrogens is 254 g/mol. The van der Waals surface area contributed by atoms with Gasteiger partial charge in [-0.3, -0.25) is 4.79 Å². The van der Waals surface area contributed by atoms with Gasteiger partial charge in [-0.15, -0.1) is 0 Å². The number of hydrogen-bond acceptors (Lipinski definition) is 3. The maximum absolute atomic E-state index is 11.1. The summed E-state index contributed by atoms with van der Waals surface area (Å²) in [4.78, 5) is 11.1. The van der Waals surface area contributed by atoms with Crippen LogP contribution in [0.5, 0.6) is 5.75 Å². The summed E-state index contributed by atoms with van der Waals surface area (Å²) in [5.74, 6) is 0.730. The third-order valence-corrected chi connectivity index (χ3v) is 3.12. The Hall–Kier alpha value is -1.97. The SMILES string of the molecule is COC(=O)CCCn1ccc2cc(OC(C)C)ccc21. The second kappa shape index (κ2) is 6.46. The highest BCUT2D eigenvalue weighted by Gasteiger charge is 2.05. The molecule has 1 heterocycles. The second-order valence-corrected chi connectivity index (χ2v) is 5.08. The zero-order valence-electron chi connectivity index (χ0n) is 12.3. The minimum Gasteiger partial charge on any atom is -0.491 e. The molecule has 4 nitrogen and oxygen atoms in total. The van der Waals surface area contributed by atoms with Gasteiger partial charge in [-0.05, 0) is 44.5 Å². The molecule has 0 radical (unpaired) electrons. The van der Waals surface area contributed by atoms with Crippen LogP contribution in [0.2, 0.25) is 0 Å². The number of carbonyl (C=O) groups is 1. The minimum absolute atomic E-state index is 0.158. The van der Waals surface area contributed by atoms with Gasteiger partial charge in [0, 0.05) is 30.1 Å². The Morgan fingerprint density at radius 1 is 1.30 bits per heavy atom. The van der Waals surface area contributed by atoms with Crippen molar-refractivity contribution in [3.8, 4) is 5.75 Å². The van der Waals surface area contributed by atoms with Crippen molar-refractivity contribution in [2.75, 3.05) is 7.11 Å². The molecule has 2 aromatic rings. The van der Waals surface area contributed by atoms with Crippen molar-refractivity contribution >= 4 is 16.9 Å². The van der Waals surface area contributed by atoms with E-state index in [1.807, 2.05) is 32.2 Å². The van der Waals surface area contributed by atoms with Gasteiger partial charge in [-0.1, -0.05) is 0 Å². The Morgan fingerprint density at radius 3 is 2.80 bits per heavy atom. The lowest BCUT2D eigenvalue weighted by Gasteiger charge is -2.10. The first-order chi connectivity index (χ1) is 9.60. The van der Waals surface area contributed by atoms with Crippen molar-refractivity contribution in [3.63, 3.8) is 0 Å². The third kappa shape index (κ3) is 3.53. The first-order valence-electron chi connectivity index (χ1n) is 6.92. The van der Waals surface area contributed by atoms with Gasteiger partial charge in [0.05, 0.1) is 13.2 Å². The first-order valence-corrected chi connectivity index (χ1v) is 6.92. The van der Waals surface area contributed by atoms with Crippen LogP contribution in [0.15, 0.2) is 30.5 Å². The number of hydrogen-bond donors (Lipinski definition) is 0. The molecule has 1 aromatic heterocycles. The van der Waals surface area contributed by atoms with Gasteiger partial charge in [0.15, 0.2) is 0 Å². The van der Waals surface area contributed by atoms with E-state index in [-0.39, 0.29) is 12.1 Å². The van der Waals surface area contributed by atoms with Gasteiger partial charge < -0.3 is 14.0 Å². The number of fused-ring (bicyclic) bond motifs is 1. The predicted molar refractivity (Wildman–Crippen MR) is 79.0 cm³/mol. The van der Waals surface area contributed by atoms with Crippen LogP contribution in [0.1, 0.15) is 26.7 Å². The molecule has 0 saturated heterocycles. The molecule has 0 N–H and O–H groups in total. The van der Waals surface area contributed by atoms with Gasteiger partial charge in [-0.25, -0.2) is 0 Å². The number of carbonyl (C=O) groups excluding carboxylic acids is 1. The van der Waals surface area contributed by atoms with Crippen molar-refractivity contribution in [2.24, 2.45) is 0 Å². The van der Waals surface area contributed by atoms with Gasteiger partial charge in [-0.2, -0.15) is 0 Å². The highest BCUT2D eigenvalue weighted by atomic mass is 16.5. The molecule has 0 aliphatic heterocycles. The van der Waals surface area contributed by atoms with Gasteiger partial charge in [0.1, 0.15) is 5.75 Å². The number of methoxy groups -OCH3 is 1. The molecule has 1 aromatic carbocycles. The largest absolute Gasteiger partial charge is 0.491 e. The predicted octanol–water partition coefficient (Wildman–Crippen LogP) is 3.38. The summed E-state index contributed by atoms with van der Waals surface area (Å²) < 4.78 is 12.5. The fraction of sp³-hybridized carbons (Fsp3) is 0.438. The average molecular weight is 275 g/mol. The number of aromatic nitrogens is 1. The quantitative estimate of drug-likeness (QED) is 0.759. The zero-order valence-corrected chi connectivity index (χ0v) is 12.3. The lowest BCUT2D eigenvalue weighted by molar-refractivity contribution is -0.140. The topological polar surface area (TPSA) is 40.5 Å². The lowest BCUT2D eigenvalue weighted by Crippen LogP contribution is -2.05. The van der Waals surface area contributed by atoms with E-state index in [0.717, 1.165) is 29.6 Å². The molecule has 4 heteroatoms. The van der Waals surface area contributed by atoms with Crippen LogP contribution in [-0.4, -0.2) is 23.8 Å². The molecule has 0 fully saturated rings. The van der Waals surface area contributed by atoms with Gasteiger partial charge in [0.2, 0.25) is 0 Å². The maximum Gasteiger partial charge on any atom is 0.305 e. The number of esters is 1. The summed E-state index contributed by atoms with van der Waals surface area (Å²) in [5.41, 5.74) is 1.16. The maximum atomic E-state index is 11.1. The highest BCUT2D eigenvalue weighted by molar-refractivity contribution is 5.81. The van der Waals surface area contributed by atoms with E-state index in [1.54, 1.807) is 0 Å². The van der Waals surface area contributed by atoms with Crippen LogP contribution in [-0.2, 0) is 16.1 Å². The van der Waals surface area contributed by atoms with Crippen LogP contribution >= 0.6 is 0 Å². The van der Waals surface area contributed by atoms with E-state index in [9.17, 15) is 4.79 Å². The third-order valence-electron chi connectivity index (χ3n) is 3.12. The van der Waals surface area contributed by atoms with E-state index in [4.69, 9.17) is 4.74 Å². The summed E-state index contributed by atoms with van der Waals surface area (Å²) in [5, 5.41) is 1.15. The molecule has 0 unspecified atom stereocenters. The van der Waals surface area contributed by atoms with Crippen molar-refractivity contribution in [1.29, 1.82) is 0 Å². The average Bonchev–Trinajstić information content (AvgIpc) is 2.80. The number of rotatable bonds is 6. The molecule has 20 heavy (non-hydrogen) atoms. The first kappa shape index (κ1) is 14.4. The van der Waals surface area contributed by atoms with Crippen molar-refractivity contribution in [1.82, 2.24) is 4.57 Å². The van der Waals surface area contributed by atoms with E-state index in [2.05, 4.69) is 21.4 Å². The van der Waals surface area contributed by atoms with Gasteiger partial charge >= 0.3 is 5.97 Å². The van der Waals surface area contributed by atoms with E-state index in [1.165, 1.54) is 7.11 Å². The zero-order chi connectivity index (χ0) is 14.5. The molecule has 0 aliphatic rings. The molecule has 0 amide bonds. The lowest BCUT2D eigenvalue weighted by atomic mass is 10.2. The Labute approximate surface area is 119 Å². The van der Waals surface area contributed by atoms with Crippen LogP contribution in [0.4, 0.5) is 0 Å². The highest BCUT2D eigenvalue weighted by Crippen LogP contribution is 2.23. The Balaban J connectivity index is 2.06. The second-order valence-electron chi connectivity index (χ2n) is 5.08. The summed E-state index contributed by atoms with van der Waals surface area (Å²) in [6.07, 6.45) is 3.45. The van der Waals surface area contributed by atoms with E-state index >= 15 is 0 Å². The normalized spacial score (nSPS) is 11.0. The minimum atomic E-state index is -0.158. The number of benzene rings is 1. The summed E-state index contributed by atoms with van der Waals surface area (Å²) >= 11 is 0. The van der Waals surface area contributed by atoms with Crippen LogP contribution in [0.25, 0.3) is 10.9 Å². The fourth-order valence-corrected chi connectivity index (χ4v) is 2.21. The number of ether oxygens (including phenoxy) is 2. The Bertz CT molecular complexity index is 586. The summed E-state index contributed by atoms with van der Waals surface area (Å²) in [6.45, 7) is 4.84. The number of aryl methyl sites for hydroxylation is 1. The van der Waals surface area contributed by atoms with Gasteiger partial charge in [0.25, 0.3) is 0 Å². The van der Waals surface area contributed by atoms with Crippen LogP contribution < -0.4 is 4.74 Å². The van der Waals surface area contributed by atoms with Crippen molar-refractivity contribution < 1.29 is 14.3 Å². The summed E-state index contributed by atoms with van der Waals surface area (Å²) in [7, 11) is 1.42. The smallest absolute Gasteiger partial charge is 0.305 e. The molecule has 0 saturated carbocycles. The molecule has 108 valence electrons. The number of nitrogens with zero attached hydrogens (tertiary/aromatic N) is 1. The molecular formula is C16H21NO3. The van der Waals surface area contributed by atoms with E-state index < -0.39 is 0 Å². The van der Waals surface area contributed by atoms with Crippen LogP contribution in [0, 0.1) is 0 Å². The van der Waals surface area contributed by atoms with E-state index in [0.29, 0.717) is 6.42 Å². The molecule has 0 bridgehead atoms. The summed E-state index contributed by atoms with van der Waals surface area (Å²) in [6, 6.07) is 8.16. The standard InChI is InChI=1S/C16H21NO3/c1-12(2)20-14-6-7-15-13(11-14)8-10-17(15)9-4-5-16(18)19-3/h6-8,10-12H,4-5,9H2,1-3H3. The van der Waals surface area contributed by atoms with Crippen LogP contribution in [0.3, 0.4) is 0 Å².